The molecule has 2 aliphatic carbocycles. The van der Waals surface area contributed by atoms with Crippen molar-refractivity contribution < 1.29 is 33.8 Å². The number of anilines is 2. The molecule has 6 atom stereocenters. The van der Waals surface area contributed by atoms with E-state index in [2.05, 4.69) is 0 Å². The molecule has 8 rings (SSSR count). The van der Waals surface area contributed by atoms with Crippen LogP contribution in [0, 0.1) is 23.7 Å². The fourth-order valence-corrected chi connectivity index (χ4v) is 9.22. The van der Waals surface area contributed by atoms with Gasteiger partial charge in [0.25, 0.3) is 0 Å². The second-order valence-corrected chi connectivity index (χ2v) is 13.7. The quantitative estimate of drug-likeness (QED) is 0.184. The van der Waals surface area contributed by atoms with Gasteiger partial charge in [-0.25, -0.2) is 4.90 Å². The fraction of sp³-hybridized carbons (Fsp3) is 0.250. The van der Waals surface area contributed by atoms with Crippen molar-refractivity contribution in [2.45, 2.75) is 24.2 Å². The molecule has 10 heteroatoms. The van der Waals surface area contributed by atoms with Crippen LogP contribution in [-0.2, 0) is 24.6 Å². The third-order valence-corrected chi connectivity index (χ3v) is 11.3. The molecule has 252 valence electrons. The number of allylic oxidation sites excluding steroid dienone is 2. The van der Waals surface area contributed by atoms with Crippen LogP contribution in [0.25, 0.3) is 0 Å². The Kier molecular flexibility index (Phi) is 7.56. The molecular formula is C40H33ClN2O7. The van der Waals surface area contributed by atoms with Gasteiger partial charge in [0.1, 0.15) is 0 Å². The number of amides is 4. The first kappa shape index (κ1) is 31.8. The number of rotatable bonds is 6. The lowest BCUT2D eigenvalue weighted by molar-refractivity contribution is -0.127. The Morgan fingerprint density at radius 2 is 1.38 bits per heavy atom. The number of phenolic OH excluding ortho intramolecular Hbond substituents is 1. The summed E-state index contributed by atoms with van der Waals surface area (Å²) in [5.74, 6) is -5.07. The largest absolute Gasteiger partial charge is 0.502 e. The van der Waals surface area contributed by atoms with Gasteiger partial charge in [0.2, 0.25) is 29.4 Å². The number of halogens is 1. The van der Waals surface area contributed by atoms with Crippen LogP contribution < -0.4 is 19.3 Å². The number of benzene rings is 4. The summed E-state index contributed by atoms with van der Waals surface area (Å²) in [5, 5.41) is 11.3. The van der Waals surface area contributed by atoms with Crippen LogP contribution in [0.5, 0.6) is 17.2 Å². The van der Waals surface area contributed by atoms with Crippen LogP contribution in [0.2, 0.25) is 5.02 Å². The Labute approximate surface area is 293 Å². The minimum Gasteiger partial charge on any atom is -0.502 e. The van der Waals surface area contributed by atoms with E-state index in [4.69, 9.17) is 21.1 Å². The Morgan fingerprint density at radius 1 is 0.740 bits per heavy atom. The van der Waals surface area contributed by atoms with Crippen molar-refractivity contribution in [3.63, 3.8) is 0 Å². The second kappa shape index (κ2) is 11.9. The van der Waals surface area contributed by atoms with Crippen molar-refractivity contribution >= 4 is 46.6 Å². The molecule has 0 spiro atoms. The van der Waals surface area contributed by atoms with Crippen molar-refractivity contribution in [3.05, 3.63) is 125 Å². The third kappa shape index (κ3) is 4.39. The number of aromatic hydroxyl groups is 1. The molecule has 50 heavy (non-hydrogen) atoms. The minimum absolute atomic E-state index is 0.126. The summed E-state index contributed by atoms with van der Waals surface area (Å²) in [6.07, 6.45) is 2.43. The Morgan fingerprint density at radius 3 is 2.02 bits per heavy atom. The Balaban J connectivity index is 1.39. The average Bonchev–Trinajstić information content (AvgIpc) is 3.53. The molecule has 4 aromatic carbocycles. The summed E-state index contributed by atoms with van der Waals surface area (Å²) in [6.45, 7) is 0. The molecule has 3 fully saturated rings. The van der Waals surface area contributed by atoms with E-state index in [1.54, 1.807) is 60.7 Å². The van der Waals surface area contributed by atoms with Gasteiger partial charge in [0.15, 0.2) is 11.5 Å². The molecule has 0 aromatic heterocycles. The van der Waals surface area contributed by atoms with Gasteiger partial charge in [-0.05, 0) is 72.4 Å². The predicted octanol–water partition coefficient (Wildman–Crippen LogP) is 6.43. The number of ether oxygens (including phenoxy) is 2. The van der Waals surface area contributed by atoms with E-state index in [1.165, 1.54) is 24.0 Å². The number of hydrogen-bond donors (Lipinski definition) is 1. The van der Waals surface area contributed by atoms with E-state index in [0.29, 0.717) is 27.5 Å². The van der Waals surface area contributed by atoms with Crippen LogP contribution in [-0.4, -0.2) is 43.0 Å². The molecule has 4 aromatic rings. The average molecular weight is 689 g/mol. The Hall–Kier alpha value is -5.41. The van der Waals surface area contributed by atoms with Gasteiger partial charge >= 0.3 is 0 Å². The normalized spacial score (nSPS) is 27.1. The molecule has 2 saturated heterocycles. The summed E-state index contributed by atoms with van der Waals surface area (Å²) < 4.78 is 11.2. The predicted molar refractivity (Wildman–Crippen MR) is 186 cm³/mol. The van der Waals surface area contributed by atoms with E-state index >= 15 is 4.79 Å². The molecule has 4 aliphatic rings. The van der Waals surface area contributed by atoms with Crippen molar-refractivity contribution in [2.24, 2.45) is 23.7 Å². The first-order chi connectivity index (χ1) is 24.2. The summed E-state index contributed by atoms with van der Waals surface area (Å²) in [4.78, 5) is 61.2. The van der Waals surface area contributed by atoms with Gasteiger partial charge in [0, 0.05) is 10.9 Å². The second-order valence-electron chi connectivity index (χ2n) is 13.2. The maximum Gasteiger partial charge on any atom is 0.246 e. The summed E-state index contributed by atoms with van der Waals surface area (Å²) in [5.41, 5.74) is 1.33. The number of fused-ring (bicyclic) bond motifs is 4. The molecular weight excluding hydrogens is 656 g/mol. The molecule has 2 heterocycles. The SMILES string of the molecule is COc1cc(C2C3=CCC4C(=O)N(c5ccccc5)C(=O)C4C3CC3C(=O)N(c4cccc(Cl)c4)C(=O)C32c2ccccc2)cc(OC)c1O. The highest BCUT2D eigenvalue weighted by atomic mass is 35.5. The maximum atomic E-state index is 15.4. The summed E-state index contributed by atoms with van der Waals surface area (Å²) >= 11 is 6.40. The highest BCUT2D eigenvalue weighted by Gasteiger charge is 2.70. The van der Waals surface area contributed by atoms with E-state index in [9.17, 15) is 19.5 Å². The van der Waals surface area contributed by atoms with Crippen LogP contribution in [0.15, 0.2) is 109 Å². The molecule has 4 amide bonds. The molecule has 6 unspecified atom stereocenters. The zero-order valence-electron chi connectivity index (χ0n) is 27.3. The number of hydrogen-bond acceptors (Lipinski definition) is 7. The van der Waals surface area contributed by atoms with Gasteiger partial charge in [-0.3, -0.25) is 24.1 Å². The number of methoxy groups -OCH3 is 2. The van der Waals surface area contributed by atoms with E-state index in [0.717, 1.165) is 5.57 Å². The van der Waals surface area contributed by atoms with Crippen LogP contribution in [0.1, 0.15) is 29.9 Å². The lowest BCUT2D eigenvalue weighted by atomic mass is 9.49. The monoisotopic (exact) mass is 688 g/mol. The smallest absolute Gasteiger partial charge is 0.246 e. The fourth-order valence-electron chi connectivity index (χ4n) is 9.03. The topological polar surface area (TPSA) is 113 Å². The standard InChI is InChI=1S/C40H33ClN2O7/c1-49-31-18-22(19-32(50-2)35(31)44)34-27-16-17-28-33(38(47)42(36(28)45)25-13-7-4-8-14-25)29(27)21-30-37(46)43(26-15-9-12-24(41)20-26)39(48)40(30,34)23-10-5-3-6-11-23/h3-16,18-20,28-30,33-34,44H,17,21H2,1-2H3. The number of para-hydroxylation sites is 1. The maximum absolute atomic E-state index is 15.4. The van der Waals surface area contributed by atoms with Gasteiger partial charge in [-0.15, -0.1) is 0 Å². The molecule has 9 nitrogen and oxygen atoms in total. The van der Waals surface area contributed by atoms with Crippen molar-refractivity contribution in [1.82, 2.24) is 0 Å². The molecule has 1 N–H and O–H groups in total. The first-order valence-electron chi connectivity index (χ1n) is 16.5. The highest BCUT2D eigenvalue weighted by molar-refractivity contribution is 6.32. The highest BCUT2D eigenvalue weighted by Crippen LogP contribution is 2.65. The van der Waals surface area contributed by atoms with E-state index < -0.39 is 46.8 Å². The molecule has 0 radical (unpaired) electrons. The van der Waals surface area contributed by atoms with Crippen molar-refractivity contribution in [1.29, 1.82) is 0 Å². The van der Waals surface area contributed by atoms with E-state index in [-0.39, 0.29) is 41.9 Å². The van der Waals surface area contributed by atoms with Gasteiger partial charge in [-0.2, -0.15) is 0 Å². The number of nitrogens with zero attached hydrogens (tertiary/aromatic N) is 2. The van der Waals surface area contributed by atoms with Gasteiger partial charge in [-0.1, -0.05) is 77.8 Å². The van der Waals surface area contributed by atoms with Crippen LogP contribution >= 0.6 is 11.6 Å². The molecule has 2 aliphatic heterocycles. The third-order valence-electron chi connectivity index (χ3n) is 11.0. The van der Waals surface area contributed by atoms with Crippen LogP contribution in [0.3, 0.4) is 0 Å². The number of imide groups is 2. The number of carbonyl (C=O) groups excluding carboxylic acids is 4. The summed E-state index contributed by atoms with van der Waals surface area (Å²) in [6, 6.07) is 28.1. The number of phenols is 1. The lowest BCUT2D eigenvalue weighted by Gasteiger charge is -2.50. The van der Waals surface area contributed by atoms with E-state index in [1.807, 2.05) is 42.5 Å². The molecule has 1 saturated carbocycles. The summed E-state index contributed by atoms with van der Waals surface area (Å²) in [7, 11) is 2.85. The Bertz CT molecular complexity index is 2080. The zero-order chi connectivity index (χ0) is 34.9. The lowest BCUT2D eigenvalue weighted by Crippen LogP contribution is -2.53. The zero-order valence-corrected chi connectivity index (χ0v) is 28.0. The van der Waals surface area contributed by atoms with Gasteiger partial charge in [0.05, 0.1) is 48.8 Å². The first-order valence-corrected chi connectivity index (χ1v) is 16.9. The van der Waals surface area contributed by atoms with Crippen molar-refractivity contribution in [3.8, 4) is 17.2 Å². The number of carbonyl (C=O) groups is 4. The van der Waals surface area contributed by atoms with Crippen LogP contribution in [0.4, 0.5) is 11.4 Å². The minimum atomic E-state index is -1.48. The molecule has 0 bridgehead atoms. The van der Waals surface area contributed by atoms with Gasteiger partial charge < -0.3 is 14.6 Å². The van der Waals surface area contributed by atoms with Crippen molar-refractivity contribution in [2.75, 3.05) is 24.0 Å².